The van der Waals surface area contributed by atoms with Crippen molar-refractivity contribution in [1.29, 1.82) is 0 Å². The number of para-hydroxylation sites is 1. The third kappa shape index (κ3) is 4.02. The molecule has 2 aromatic rings. The third-order valence-corrected chi connectivity index (χ3v) is 5.04. The lowest BCUT2D eigenvalue weighted by Gasteiger charge is -2.24. The van der Waals surface area contributed by atoms with Crippen molar-refractivity contribution in [3.05, 3.63) is 29.3 Å². The van der Waals surface area contributed by atoms with E-state index in [9.17, 15) is 0 Å². The molecule has 2 heterocycles. The van der Waals surface area contributed by atoms with Gasteiger partial charge >= 0.3 is 0 Å². The normalized spacial score (nSPS) is 21.0. The van der Waals surface area contributed by atoms with Crippen molar-refractivity contribution >= 4 is 21.6 Å². The Morgan fingerprint density at radius 1 is 1.38 bits per heavy atom. The van der Waals surface area contributed by atoms with Gasteiger partial charge in [-0.2, -0.15) is 0 Å². The van der Waals surface area contributed by atoms with Crippen molar-refractivity contribution in [2.75, 3.05) is 19.6 Å². The molecule has 0 saturated carbocycles. The molecule has 21 heavy (non-hydrogen) atoms. The Labute approximate surface area is 131 Å². The highest BCUT2D eigenvalue weighted by atomic mass is 32.1. The van der Waals surface area contributed by atoms with E-state index < -0.39 is 0 Å². The van der Waals surface area contributed by atoms with E-state index in [0.717, 1.165) is 31.1 Å². The summed E-state index contributed by atoms with van der Waals surface area (Å²) in [6, 6.07) is 9.07. The summed E-state index contributed by atoms with van der Waals surface area (Å²) in [6.07, 6.45) is 2.50. The number of hydrogen-bond acceptors (Lipinski definition) is 4. The number of nitrogens with one attached hydrogen (secondary N) is 1. The van der Waals surface area contributed by atoms with Gasteiger partial charge in [-0.3, -0.25) is 4.90 Å². The van der Waals surface area contributed by atoms with E-state index in [1.165, 1.54) is 29.1 Å². The second-order valence-corrected chi connectivity index (χ2v) is 7.56. The SMILES string of the molecule is CC(C)CC1CN(Cc2nc3ccccc3s2)CCCN1. The van der Waals surface area contributed by atoms with Crippen molar-refractivity contribution < 1.29 is 0 Å². The van der Waals surface area contributed by atoms with E-state index in [0.29, 0.717) is 6.04 Å². The van der Waals surface area contributed by atoms with Gasteiger partial charge in [-0.25, -0.2) is 4.98 Å². The second kappa shape index (κ2) is 6.86. The average molecular weight is 303 g/mol. The van der Waals surface area contributed by atoms with Crippen LogP contribution in [-0.4, -0.2) is 35.6 Å². The summed E-state index contributed by atoms with van der Waals surface area (Å²) >= 11 is 1.84. The van der Waals surface area contributed by atoms with E-state index in [-0.39, 0.29) is 0 Å². The van der Waals surface area contributed by atoms with Crippen LogP contribution >= 0.6 is 11.3 Å². The van der Waals surface area contributed by atoms with Crippen molar-refractivity contribution in [2.24, 2.45) is 5.92 Å². The first kappa shape index (κ1) is 14.9. The molecule has 114 valence electrons. The monoisotopic (exact) mass is 303 g/mol. The smallest absolute Gasteiger partial charge is 0.108 e. The Hall–Kier alpha value is -0.970. The zero-order chi connectivity index (χ0) is 14.7. The van der Waals surface area contributed by atoms with Gasteiger partial charge in [0, 0.05) is 12.6 Å². The highest BCUT2D eigenvalue weighted by Gasteiger charge is 2.19. The molecule has 0 radical (unpaired) electrons. The van der Waals surface area contributed by atoms with Crippen LogP contribution in [-0.2, 0) is 6.54 Å². The molecule has 0 bridgehead atoms. The van der Waals surface area contributed by atoms with Crippen molar-refractivity contribution in [3.63, 3.8) is 0 Å². The van der Waals surface area contributed by atoms with Crippen LogP contribution in [0.5, 0.6) is 0 Å². The fourth-order valence-electron chi connectivity index (χ4n) is 3.13. The number of thiazole rings is 1. The van der Waals surface area contributed by atoms with Crippen LogP contribution in [0.15, 0.2) is 24.3 Å². The van der Waals surface area contributed by atoms with Crippen LogP contribution in [0, 0.1) is 5.92 Å². The van der Waals surface area contributed by atoms with Gasteiger partial charge in [0.1, 0.15) is 5.01 Å². The molecule has 3 nitrogen and oxygen atoms in total. The lowest BCUT2D eigenvalue weighted by atomic mass is 10.0. The Balaban J connectivity index is 1.67. The molecule has 0 aliphatic carbocycles. The summed E-state index contributed by atoms with van der Waals surface area (Å²) in [5, 5.41) is 4.95. The van der Waals surface area contributed by atoms with Crippen LogP contribution in [0.2, 0.25) is 0 Å². The summed E-state index contributed by atoms with van der Waals surface area (Å²) in [6.45, 7) is 9.09. The van der Waals surface area contributed by atoms with Crippen molar-refractivity contribution in [1.82, 2.24) is 15.2 Å². The standard InChI is InChI=1S/C17H25N3S/c1-13(2)10-14-11-20(9-5-8-18-14)12-17-19-15-6-3-4-7-16(15)21-17/h3-4,6-7,13-14,18H,5,8-12H2,1-2H3. The molecular weight excluding hydrogens is 278 g/mol. The molecular formula is C17H25N3S. The zero-order valence-electron chi connectivity index (χ0n) is 13.0. The number of fused-ring (bicyclic) bond motifs is 1. The number of nitrogens with zero attached hydrogens (tertiary/aromatic N) is 2. The van der Waals surface area contributed by atoms with E-state index in [4.69, 9.17) is 4.98 Å². The second-order valence-electron chi connectivity index (χ2n) is 6.44. The Morgan fingerprint density at radius 3 is 3.05 bits per heavy atom. The first-order valence-electron chi connectivity index (χ1n) is 8.01. The van der Waals surface area contributed by atoms with E-state index in [1.807, 2.05) is 11.3 Å². The van der Waals surface area contributed by atoms with Crippen molar-refractivity contribution in [3.8, 4) is 0 Å². The molecule has 4 heteroatoms. The van der Waals surface area contributed by atoms with Gasteiger partial charge in [-0.05, 0) is 44.0 Å². The molecule has 1 aromatic heterocycles. The fourth-order valence-corrected chi connectivity index (χ4v) is 4.14. The quantitative estimate of drug-likeness (QED) is 0.937. The Kier molecular flexibility index (Phi) is 4.88. The molecule has 1 unspecified atom stereocenters. The topological polar surface area (TPSA) is 28.2 Å². The van der Waals surface area contributed by atoms with Gasteiger partial charge in [0.15, 0.2) is 0 Å². The number of hydrogen-bond donors (Lipinski definition) is 1. The number of aromatic nitrogens is 1. The van der Waals surface area contributed by atoms with Gasteiger partial charge in [0.05, 0.1) is 16.8 Å². The Morgan fingerprint density at radius 2 is 2.24 bits per heavy atom. The highest BCUT2D eigenvalue weighted by Crippen LogP contribution is 2.23. The zero-order valence-corrected chi connectivity index (χ0v) is 13.8. The lowest BCUT2D eigenvalue weighted by Crippen LogP contribution is -2.38. The third-order valence-electron chi connectivity index (χ3n) is 4.02. The van der Waals surface area contributed by atoms with Crippen LogP contribution in [0.4, 0.5) is 0 Å². The fraction of sp³-hybridized carbons (Fsp3) is 0.588. The van der Waals surface area contributed by atoms with Crippen molar-refractivity contribution in [2.45, 2.75) is 39.3 Å². The molecule has 3 rings (SSSR count). The maximum atomic E-state index is 4.78. The van der Waals surface area contributed by atoms with E-state index in [2.05, 4.69) is 48.3 Å². The number of rotatable bonds is 4. The van der Waals surface area contributed by atoms with Gasteiger partial charge in [0.25, 0.3) is 0 Å². The van der Waals surface area contributed by atoms with Gasteiger partial charge in [-0.1, -0.05) is 26.0 Å². The summed E-state index contributed by atoms with van der Waals surface area (Å²) in [5.41, 5.74) is 1.14. The van der Waals surface area contributed by atoms with Crippen LogP contribution < -0.4 is 5.32 Å². The summed E-state index contributed by atoms with van der Waals surface area (Å²) in [4.78, 5) is 7.35. The molecule has 0 spiro atoms. The lowest BCUT2D eigenvalue weighted by molar-refractivity contribution is 0.247. The first-order valence-corrected chi connectivity index (χ1v) is 8.82. The number of benzene rings is 1. The predicted molar refractivity (Wildman–Crippen MR) is 90.8 cm³/mol. The van der Waals surface area contributed by atoms with Gasteiger partial charge in [0.2, 0.25) is 0 Å². The summed E-state index contributed by atoms with van der Waals surface area (Å²) in [7, 11) is 0. The first-order chi connectivity index (χ1) is 10.2. The molecule has 1 aliphatic rings. The van der Waals surface area contributed by atoms with Crippen LogP contribution in [0.1, 0.15) is 31.7 Å². The Bertz CT molecular complexity index is 545. The maximum Gasteiger partial charge on any atom is 0.108 e. The molecule has 1 N–H and O–H groups in total. The molecule has 1 aliphatic heterocycles. The minimum Gasteiger partial charge on any atom is -0.313 e. The minimum atomic E-state index is 0.627. The maximum absolute atomic E-state index is 4.78. The van der Waals surface area contributed by atoms with Crippen LogP contribution in [0.25, 0.3) is 10.2 Å². The average Bonchev–Trinajstić information content (AvgIpc) is 2.72. The molecule has 1 aromatic carbocycles. The molecule has 1 atom stereocenters. The predicted octanol–water partition coefficient (Wildman–Crippen LogP) is 3.51. The largest absolute Gasteiger partial charge is 0.313 e. The van der Waals surface area contributed by atoms with E-state index in [1.54, 1.807) is 0 Å². The van der Waals surface area contributed by atoms with Gasteiger partial charge in [-0.15, -0.1) is 11.3 Å². The summed E-state index contributed by atoms with van der Waals surface area (Å²) < 4.78 is 1.30. The summed E-state index contributed by atoms with van der Waals surface area (Å²) in [5.74, 6) is 0.755. The van der Waals surface area contributed by atoms with Crippen LogP contribution in [0.3, 0.4) is 0 Å². The minimum absolute atomic E-state index is 0.627. The molecule has 1 fully saturated rings. The van der Waals surface area contributed by atoms with Gasteiger partial charge < -0.3 is 5.32 Å². The van der Waals surface area contributed by atoms with E-state index >= 15 is 0 Å². The molecule has 1 saturated heterocycles. The molecule has 0 amide bonds. The highest BCUT2D eigenvalue weighted by molar-refractivity contribution is 7.18.